The maximum Gasteiger partial charge on any atom is 0.270 e. The molecule has 1 N–H and O–H groups in total. The number of carbonyl (C=O) groups excluding carboxylic acids is 2. The highest BCUT2D eigenvalue weighted by Gasteiger charge is 2.18. The fraction of sp³-hybridized carbons (Fsp3) is 0.538. The van der Waals surface area contributed by atoms with E-state index in [0.717, 1.165) is 4.47 Å². The zero-order valence-corrected chi connectivity index (χ0v) is 13.3. The second kappa shape index (κ2) is 6.75. The van der Waals surface area contributed by atoms with Crippen molar-refractivity contribution in [1.82, 2.24) is 14.8 Å². The van der Waals surface area contributed by atoms with E-state index >= 15 is 0 Å². The number of nitrogens with zero attached hydrogens (tertiary/aromatic N) is 2. The molecule has 1 heterocycles. The molecule has 1 aromatic rings. The van der Waals surface area contributed by atoms with Gasteiger partial charge in [-0.1, -0.05) is 0 Å². The van der Waals surface area contributed by atoms with Crippen molar-refractivity contribution < 1.29 is 9.59 Å². The van der Waals surface area contributed by atoms with Crippen molar-refractivity contribution in [1.29, 1.82) is 0 Å². The van der Waals surface area contributed by atoms with Crippen molar-refractivity contribution >= 4 is 27.7 Å². The Kier molecular flexibility index (Phi) is 5.60. The van der Waals surface area contributed by atoms with Gasteiger partial charge in [0, 0.05) is 43.8 Å². The van der Waals surface area contributed by atoms with Gasteiger partial charge in [0.1, 0.15) is 5.69 Å². The average Bonchev–Trinajstić information content (AvgIpc) is 2.76. The molecule has 19 heavy (non-hydrogen) atoms. The van der Waals surface area contributed by atoms with Crippen LogP contribution in [0.1, 0.15) is 36.8 Å². The minimum absolute atomic E-state index is 0.0694. The van der Waals surface area contributed by atoms with Gasteiger partial charge in [-0.15, -0.1) is 0 Å². The lowest BCUT2D eigenvalue weighted by atomic mass is 10.3. The standard InChI is InChI=1S/C13H20BrN3O2/c1-9(2)17-8-10(14)7-11(17)13(19)16(4)6-5-12(18)15-3/h7-9H,5-6H2,1-4H3,(H,15,18). The highest BCUT2D eigenvalue weighted by Crippen LogP contribution is 2.20. The third kappa shape index (κ3) is 4.09. The fourth-order valence-electron chi connectivity index (χ4n) is 1.74. The normalized spacial score (nSPS) is 10.6. The summed E-state index contributed by atoms with van der Waals surface area (Å²) in [5.74, 6) is -0.150. The van der Waals surface area contributed by atoms with Gasteiger partial charge in [-0.3, -0.25) is 9.59 Å². The van der Waals surface area contributed by atoms with Gasteiger partial charge in [0.15, 0.2) is 0 Å². The SMILES string of the molecule is CNC(=O)CCN(C)C(=O)c1cc(Br)cn1C(C)C. The predicted octanol–water partition coefficient (Wildman–Crippen LogP) is 2.04. The summed E-state index contributed by atoms with van der Waals surface area (Å²) in [6.07, 6.45) is 2.20. The first-order valence-electron chi connectivity index (χ1n) is 6.20. The molecule has 0 unspecified atom stereocenters. The second-order valence-corrected chi connectivity index (χ2v) is 5.61. The van der Waals surface area contributed by atoms with E-state index in [-0.39, 0.29) is 17.9 Å². The van der Waals surface area contributed by atoms with Crippen molar-refractivity contribution in [3.05, 3.63) is 22.4 Å². The Morgan fingerprint density at radius 1 is 1.47 bits per heavy atom. The molecule has 0 aliphatic heterocycles. The first-order valence-corrected chi connectivity index (χ1v) is 6.99. The molecular formula is C13H20BrN3O2. The van der Waals surface area contributed by atoms with Gasteiger partial charge < -0.3 is 14.8 Å². The fourth-order valence-corrected chi connectivity index (χ4v) is 2.17. The molecule has 0 spiro atoms. The summed E-state index contributed by atoms with van der Waals surface area (Å²) >= 11 is 3.39. The Balaban J connectivity index is 2.79. The van der Waals surface area contributed by atoms with Crippen LogP contribution in [0.3, 0.4) is 0 Å². The van der Waals surface area contributed by atoms with Crippen molar-refractivity contribution in [3.8, 4) is 0 Å². The molecule has 0 radical (unpaired) electrons. The van der Waals surface area contributed by atoms with Crippen LogP contribution in [0.4, 0.5) is 0 Å². The number of aromatic nitrogens is 1. The van der Waals surface area contributed by atoms with E-state index in [9.17, 15) is 9.59 Å². The number of rotatable bonds is 5. The third-order valence-corrected chi connectivity index (χ3v) is 3.32. The Labute approximate surface area is 122 Å². The number of carbonyl (C=O) groups is 2. The molecule has 0 fully saturated rings. The minimum Gasteiger partial charge on any atom is -0.359 e. The van der Waals surface area contributed by atoms with Gasteiger partial charge in [-0.25, -0.2) is 0 Å². The number of nitrogens with one attached hydrogen (secondary N) is 1. The van der Waals surface area contributed by atoms with Crippen LogP contribution in [0, 0.1) is 0 Å². The lowest BCUT2D eigenvalue weighted by Gasteiger charge is -2.19. The maximum atomic E-state index is 12.3. The van der Waals surface area contributed by atoms with Gasteiger partial charge in [-0.05, 0) is 35.8 Å². The Bertz CT molecular complexity index is 468. The summed E-state index contributed by atoms with van der Waals surface area (Å²) < 4.78 is 2.80. The highest BCUT2D eigenvalue weighted by molar-refractivity contribution is 9.10. The molecule has 0 saturated carbocycles. The van der Waals surface area contributed by atoms with Crippen LogP contribution in [-0.2, 0) is 4.79 Å². The maximum absolute atomic E-state index is 12.3. The minimum atomic E-state index is -0.0803. The van der Waals surface area contributed by atoms with E-state index < -0.39 is 0 Å². The van der Waals surface area contributed by atoms with E-state index in [1.165, 1.54) is 0 Å². The van der Waals surface area contributed by atoms with Crippen molar-refractivity contribution in [3.63, 3.8) is 0 Å². The van der Waals surface area contributed by atoms with E-state index in [2.05, 4.69) is 21.2 Å². The quantitative estimate of drug-likeness (QED) is 0.898. The summed E-state index contributed by atoms with van der Waals surface area (Å²) in [6.45, 7) is 4.45. The van der Waals surface area contributed by atoms with Crippen LogP contribution in [0.5, 0.6) is 0 Å². The summed E-state index contributed by atoms with van der Waals surface area (Å²) in [5.41, 5.74) is 0.626. The summed E-state index contributed by atoms with van der Waals surface area (Å²) in [7, 11) is 3.29. The number of hydrogen-bond donors (Lipinski definition) is 1. The van der Waals surface area contributed by atoms with Crippen molar-refractivity contribution in [2.24, 2.45) is 0 Å². The molecule has 0 atom stereocenters. The zero-order valence-electron chi connectivity index (χ0n) is 11.7. The van der Waals surface area contributed by atoms with Gasteiger partial charge in [-0.2, -0.15) is 0 Å². The van der Waals surface area contributed by atoms with E-state index in [1.54, 1.807) is 25.1 Å². The highest BCUT2D eigenvalue weighted by atomic mass is 79.9. The summed E-state index contributed by atoms with van der Waals surface area (Å²) in [4.78, 5) is 25.1. The number of hydrogen-bond acceptors (Lipinski definition) is 2. The Morgan fingerprint density at radius 2 is 2.11 bits per heavy atom. The first-order chi connectivity index (χ1) is 8.86. The van der Waals surface area contributed by atoms with Crippen LogP contribution < -0.4 is 5.32 Å². The summed E-state index contributed by atoms with van der Waals surface area (Å²) in [5, 5.41) is 2.54. The second-order valence-electron chi connectivity index (χ2n) is 4.69. The molecule has 1 rings (SSSR count). The number of amides is 2. The van der Waals surface area contributed by atoms with Gasteiger partial charge >= 0.3 is 0 Å². The monoisotopic (exact) mass is 329 g/mol. The largest absolute Gasteiger partial charge is 0.359 e. The van der Waals surface area contributed by atoms with Crippen molar-refractivity contribution in [2.75, 3.05) is 20.6 Å². The molecule has 0 aliphatic carbocycles. The van der Waals surface area contributed by atoms with E-state index in [0.29, 0.717) is 18.7 Å². The van der Waals surface area contributed by atoms with Crippen LogP contribution in [0.15, 0.2) is 16.7 Å². The predicted molar refractivity (Wildman–Crippen MR) is 78.2 cm³/mol. The molecular weight excluding hydrogens is 310 g/mol. The average molecular weight is 330 g/mol. The van der Waals surface area contributed by atoms with E-state index in [4.69, 9.17) is 0 Å². The Morgan fingerprint density at radius 3 is 2.63 bits per heavy atom. The van der Waals surface area contributed by atoms with E-state index in [1.807, 2.05) is 24.6 Å². The lowest BCUT2D eigenvalue weighted by Crippen LogP contribution is -2.32. The first kappa shape index (κ1) is 15.8. The molecule has 1 aromatic heterocycles. The zero-order chi connectivity index (χ0) is 14.6. The summed E-state index contributed by atoms with van der Waals surface area (Å²) in [6, 6.07) is 2.01. The molecule has 0 saturated heterocycles. The van der Waals surface area contributed by atoms with Crippen LogP contribution in [0.25, 0.3) is 0 Å². The van der Waals surface area contributed by atoms with Gasteiger partial charge in [0.05, 0.1) is 0 Å². The topological polar surface area (TPSA) is 54.3 Å². The van der Waals surface area contributed by atoms with Crippen LogP contribution in [0.2, 0.25) is 0 Å². The van der Waals surface area contributed by atoms with Gasteiger partial charge in [0.25, 0.3) is 5.91 Å². The van der Waals surface area contributed by atoms with Crippen molar-refractivity contribution in [2.45, 2.75) is 26.3 Å². The van der Waals surface area contributed by atoms with Crippen LogP contribution in [-0.4, -0.2) is 41.9 Å². The van der Waals surface area contributed by atoms with Gasteiger partial charge in [0.2, 0.25) is 5.91 Å². The molecule has 0 aliphatic rings. The van der Waals surface area contributed by atoms with Crippen LogP contribution >= 0.6 is 15.9 Å². The molecule has 0 bridgehead atoms. The molecule has 6 heteroatoms. The third-order valence-electron chi connectivity index (χ3n) is 2.89. The lowest BCUT2D eigenvalue weighted by molar-refractivity contribution is -0.120. The Hall–Kier alpha value is -1.30. The smallest absolute Gasteiger partial charge is 0.270 e. The number of halogens is 1. The molecule has 2 amide bonds. The molecule has 5 nitrogen and oxygen atoms in total. The molecule has 106 valence electrons. The molecule has 0 aromatic carbocycles.